The second-order valence-corrected chi connectivity index (χ2v) is 7.21. The van der Waals surface area contributed by atoms with Gasteiger partial charge in [-0.25, -0.2) is 14.6 Å². The Bertz CT molecular complexity index is 1380. The number of hydrogen-bond donors (Lipinski definition) is 2. The van der Waals surface area contributed by atoms with Crippen LogP contribution in [0, 0.1) is 25.7 Å². The first kappa shape index (κ1) is 20.9. The van der Waals surface area contributed by atoms with E-state index in [1.807, 2.05) is 13.0 Å². The molecule has 32 heavy (non-hydrogen) atoms. The molecule has 0 radical (unpaired) electrons. The summed E-state index contributed by atoms with van der Waals surface area (Å²) in [5, 5.41) is 22.3. The van der Waals surface area contributed by atoms with E-state index >= 15 is 0 Å². The van der Waals surface area contributed by atoms with Gasteiger partial charge in [-0.15, -0.1) is 10.2 Å². The smallest absolute Gasteiger partial charge is 0.267 e. The van der Waals surface area contributed by atoms with Gasteiger partial charge >= 0.3 is 0 Å². The molecule has 1 atom stereocenters. The van der Waals surface area contributed by atoms with Crippen molar-refractivity contribution in [3.8, 4) is 29.0 Å². The van der Waals surface area contributed by atoms with E-state index in [0.717, 1.165) is 5.69 Å². The van der Waals surface area contributed by atoms with E-state index in [-0.39, 0.29) is 17.4 Å². The van der Waals surface area contributed by atoms with E-state index in [1.54, 1.807) is 42.1 Å². The third-order valence-corrected chi connectivity index (χ3v) is 4.53. The highest BCUT2D eigenvalue weighted by Gasteiger charge is 2.27. The standard InChI is InChI=1S/C22H19N7O3/c1-13-8-10-24-29(13)18-12-17(19(23)30)25-20(26-18)16-6-4-5-15(11-16)7-9-22(3,31)21-28-27-14(2)32-21/h4-6,8,10-12,31H,1-3H3,(H2,23,30). The van der Waals surface area contributed by atoms with E-state index in [2.05, 4.69) is 37.1 Å². The molecule has 0 aliphatic heterocycles. The first-order chi connectivity index (χ1) is 15.2. The number of primary amides is 1. The Hall–Kier alpha value is -4.36. The maximum absolute atomic E-state index is 11.8. The summed E-state index contributed by atoms with van der Waals surface area (Å²) in [7, 11) is 0. The number of aryl methyl sites for hydroxylation is 2. The molecule has 3 N–H and O–H groups in total. The lowest BCUT2D eigenvalue weighted by Gasteiger charge is -2.10. The lowest BCUT2D eigenvalue weighted by Crippen LogP contribution is -2.19. The molecule has 4 rings (SSSR count). The summed E-state index contributed by atoms with van der Waals surface area (Å²) in [6, 6.07) is 10.4. The molecule has 3 aromatic heterocycles. The van der Waals surface area contributed by atoms with Gasteiger partial charge in [0.1, 0.15) is 5.69 Å². The average molecular weight is 429 g/mol. The number of carbonyl (C=O) groups is 1. The number of benzene rings is 1. The minimum atomic E-state index is -1.62. The number of hydrogen-bond acceptors (Lipinski definition) is 8. The van der Waals surface area contributed by atoms with E-state index < -0.39 is 11.5 Å². The number of aliphatic hydroxyl groups is 1. The molecule has 0 saturated heterocycles. The van der Waals surface area contributed by atoms with Crippen LogP contribution in [0.4, 0.5) is 0 Å². The van der Waals surface area contributed by atoms with E-state index in [1.165, 1.54) is 13.0 Å². The summed E-state index contributed by atoms with van der Waals surface area (Å²) < 4.78 is 6.86. The van der Waals surface area contributed by atoms with Crippen molar-refractivity contribution in [2.45, 2.75) is 26.4 Å². The van der Waals surface area contributed by atoms with Crippen molar-refractivity contribution < 1.29 is 14.3 Å². The van der Waals surface area contributed by atoms with Gasteiger partial charge in [0, 0.05) is 36.0 Å². The van der Waals surface area contributed by atoms with Crippen molar-refractivity contribution in [3.05, 3.63) is 71.3 Å². The maximum atomic E-state index is 11.8. The number of rotatable bonds is 4. The number of nitrogens with two attached hydrogens (primary N) is 1. The van der Waals surface area contributed by atoms with Crippen LogP contribution in [0.25, 0.3) is 17.2 Å². The molecule has 4 aromatic rings. The fourth-order valence-electron chi connectivity index (χ4n) is 2.88. The van der Waals surface area contributed by atoms with Crippen LogP contribution < -0.4 is 5.73 Å². The SMILES string of the molecule is Cc1nnc(C(C)(O)C#Cc2cccc(-c3nc(C(N)=O)cc(-n4nccc4C)n3)c2)o1. The Balaban J connectivity index is 1.73. The van der Waals surface area contributed by atoms with Gasteiger partial charge in [-0.2, -0.15) is 5.10 Å². The van der Waals surface area contributed by atoms with Gasteiger partial charge in [0.25, 0.3) is 11.8 Å². The molecule has 1 unspecified atom stereocenters. The average Bonchev–Trinajstić information content (AvgIpc) is 3.41. The fourth-order valence-corrected chi connectivity index (χ4v) is 2.88. The van der Waals surface area contributed by atoms with Gasteiger partial charge in [-0.3, -0.25) is 4.79 Å². The third kappa shape index (κ3) is 4.23. The first-order valence-corrected chi connectivity index (χ1v) is 9.59. The number of aromatic nitrogens is 6. The number of carbonyl (C=O) groups excluding carboxylic acids is 1. The molecular weight excluding hydrogens is 410 g/mol. The molecule has 0 fully saturated rings. The zero-order chi connectivity index (χ0) is 22.9. The fraction of sp³-hybridized carbons (Fsp3) is 0.182. The van der Waals surface area contributed by atoms with Crippen LogP contribution in [0.1, 0.15) is 40.5 Å². The van der Waals surface area contributed by atoms with Crippen molar-refractivity contribution in [1.29, 1.82) is 0 Å². The van der Waals surface area contributed by atoms with E-state index in [0.29, 0.717) is 22.8 Å². The number of amides is 1. The summed E-state index contributed by atoms with van der Waals surface area (Å²) in [5.41, 5.74) is 5.95. The normalized spacial score (nSPS) is 12.6. The topological polar surface area (TPSA) is 146 Å². The first-order valence-electron chi connectivity index (χ1n) is 9.59. The second-order valence-electron chi connectivity index (χ2n) is 7.21. The number of nitrogens with zero attached hydrogens (tertiary/aromatic N) is 6. The Morgan fingerprint density at radius 2 is 2.00 bits per heavy atom. The quantitative estimate of drug-likeness (QED) is 0.466. The second kappa shape index (κ2) is 8.05. The van der Waals surface area contributed by atoms with Crippen LogP contribution in [-0.4, -0.2) is 41.0 Å². The lowest BCUT2D eigenvalue weighted by molar-refractivity contribution is 0.0881. The highest BCUT2D eigenvalue weighted by molar-refractivity contribution is 5.91. The summed E-state index contributed by atoms with van der Waals surface area (Å²) >= 11 is 0. The summed E-state index contributed by atoms with van der Waals surface area (Å²) in [6.07, 6.45) is 1.63. The highest BCUT2D eigenvalue weighted by Crippen LogP contribution is 2.21. The molecule has 10 nitrogen and oxygen atoms in total. The largest absolute Gasteiger partial charge is 0.421 e. The third-order valence-electron chi connectivity index (χ3n) is 4.53. The van der Waals surface area contributed by atoms with Crippen molar-refractivity contribution in [2.24, 2.45) is 5.73 Å². The monoisotopic (exact) mass is 429 g/mol. The van der Waals surface area contributed by atoms with Crippen molar-refractivity contribution in [1.82, 2.24) is 29.9 Å². The molecule has 0 aliphatic carbocycles. The van der Waals surface area contributed by atoms with Crippen molar-refractivity contribution in [2.75, 3.05) is 0 Å². The zero-order valence-electron chi connectivity index (χ0n) is 17.6. The van der Waals surface area contributed by atoms with Gasteiger partial charge in [0.05, 0.1) is 0 Å². The molecule has 0 saturated carbocycles. The van der Waals surface area contributed by atoms with Crippen molar-refractivity contribution in [3.63, 3.8) is 0 Å². The van der Waals surface area contributed by atoms with Gasteiger partial charge in [0.2, 0.25) is 11.5 Å². The predicted octanol–water partition coefficient (Wildman–Crippen LogP) is 1.69. The summed E-state index contributed by atoms with van der Waals surface area (Å²) in [5.74, 6) is 6.00. The molecule has 160 valence electrons. The lowest BCUT2D eigenvalue weighted by atomic mass is 10.1. The summed E-state index contributed by atoms with van der Waals surface area (Å²) in [4.78, 5) is 20.7. The molecule has 1 amide bonds. The van der Waals surface area contributed by atoms with Crippen molar-refractivity contribution >= 4 is 5.91 Å². The van der Waals surface area contributed by atoms with Crippen LogP contribution >= 0.6 is 0 Å². The molecular formula is C22H19N7O3. The molecule has 0 bridgehead atoms. The Morgan fingerprint density at radius 3 is 2.66 bits per heavy atom. The molecule has 1 aromatic carbocycles. The van der Waals surface area contributed by atoms with Crippen LogP contribution in [0.5, 0.6) is 0 Å². The highest BCUT2D eigenvalue weighted by atomic mass is 16.4. The van der Waals surface area contributed by atoms with Crippen LogP contribution in [0.15, 0.2) is 47.0 Å². The van der Waals surface area contributed by atoms with E-state index in [4.69, 9.17) is 10.2 Å². The predicted molar refractivity (Wildman–Crippen MR) is 113 cm³/mol. The van der Waals surface area contributed by atoms with Crippen LogP contribution in [0.2, 0.25) is 0 Å². The van der Waals surface area contributed by atoms with Gasteiger partial charge in [0.15, 0.2) is 11.6 Å². The maximum Gasteiger partial charge on any atom is 0.267 e. The Morgan fingerprint density at radius 1 is 1.19 bits per heavy atom. The minimum absolute atomic E-state index is 0.00961. The minimum Gasteiger partial charge on any atom is -0.421 e. The summed E-state index contributed by atoms with van der Waals surface area (Å²) in [6.45, 7) is 4.96. The Kier molecular flexibility index (Phi) is 5.26. The van der Waals surface area contributed by atoms with Gasteiger partial charge in [-0.05, 0) is 32.0 Å². The Labute approximate surface area is 183 Å². The van der Waals surface area contributed by atoms with Gasteiger partial charge < -0.3 is 15.3 Å². The van der Waals surface area contributed by atoms with Crippen LogP contribution in [-0.2, 0) is 5.60 Å². The molecule has 10 heteroatoms. The van der Waals surface area contributed by atoms with Gasteiger partial charge in [-0.1, -0.05) is 24.0 Å². The van der Waals surface area contributed by atoms with E-state index in [9.17, 15) is 9.90 Å². The molecule has 0 spiro atoms. The molecule has 3 heterocycles. The van der Waals surface area contributed by atoms with Crippen LogP contribution in [0.3, 0.4) is 0 Å². The molecule has 0 aliphatic rings. The zero-order valence-corrected chi connectivity index (χ0v) is 17.6.